The van der Waals surface area contributed by atoms with Crippen molar-refractivity contribution in [1.82, 2.24) is 14.8 Å². The SMILES string of the molecule is CN1CCN(C(=O)c2cc(-c3ccncc3)c(N3CCOCC3)s2)CC1. The molecule has 26 heavy (non-hydrogen) atoms. The van der Waals surface area contributed by atoms with E-state index in [1.165, 1.54) is 0 Å². The van der Waals surface area contributed by atoms with Crippen molar-refractivity contribution in [3.8, 4) is 11.1 Å². The van der Waals surface area contributed by atoms with E-state index in [0.29, 0.717) is 0 Å². The van der Waals surface area contributed by atoms with Crippen molar-refractivity contribution in [3.05, 3.63) is 35.5 Å². The molecular weight excluding hydrogens is 348 g/mol. The van der Waals surface area contributed by atoms with Gasteiger partial charge in [-0.1, -0.05) is 0 Å². The number of morpholine rings is 1. The Morgan fingerprint density at radius 1 is 1.08 bits per heavy atom. The van der Waals surface area contributed by atoms with Crippen LogP contribution in [0.5, 0.6) is 0 Å². The molecule has 1 amide bonds. The highest BCUT2D eigenvalue weighted by Crippen LogP contribution is 2.39. The van der Waals surface area contributed by atoms with Crippen LogP contribution in [0.15, 0.2) is 30.6 Å². The predicted molar refractivity (Wildman–Crippen MR) is 104 cm³/mol. The lowest BCUT2D eigenvalue weighted by Crippen LogP contribution is -2.46. The average molecular weight is 372 g/mol. The Morgan fingerprint density at radius 3 is 2.46 bits per heavy atom. The van der Waals surface area contributed by atoms with Crippen LogP contribution in [-0.2, 0) is 4.74 Å². The van der Waals surface area contributed by atoms with E-state index in [4.69, 9.17) is 4.74 Å². The number of carbonyl (C=O) groups is 1. The molecule has 0 aliphatic carbocycles. The normalized spacial score (nSPS) is 19.0. The number of amides is 1. The fourth-order valence-corrected chi connectivity index (χ4v) is 4.59. The van der Waals surface area contributed by atoms with Crippen LogP contribution in [0.2, 0.25) is 0 Å². The summed E-state index contributed by atoms with van der Waals surface area (Å²) >= 11 is 1.61. The van der Waals surface area contributed by atoms with Gasteiger partial charge in [-0.15, -0.1) is 11.3 Å². The lowest BCUT2D eigenvalue weighted by molar-refractivity contribution is 0.0669. The molecule has 2 aliphatic heterocycles. The highest BCUT2D eigenvalue weighted by molar-refractivity contribution is 7.18. The molecule has 2 saturated heterocycles. The van der Waals surface area contributed by atoms with Crippen LogP contribution in [0.3, 0.4) is 0 Å². The first kappa shape index (κ1) is 17.5. The number of hydrogen-bond acceptors (Lipinski definition) is 6. The summed E-state index contributed by atoms with van der Waals surface area (Å²) in [5.41, 5.74) is 2.23. The number of anilines is 1. The molecule has 138 valence electrons. The molecule has 4 rings (SSSR count). The molecule has 2 aromatic heterocycles. The lowest BCUT2D eigenvalue weighted by atomic mass is 10.1. The Kier molecular flexibility index (Phi) is 5.19. The maximum Gasteiger partial charge on any atom is 0.264 e. The molecule has 0 radical (unpaired) electrons. The summed E-state index contributed by atoms with van der Waals surface area (Å²) in [6.45, 7) is 6.65. The van der Waals surface area contributed by atoms with E-state index in [-0.39, 0.29) is 5.91 Å². The first-order valence-corrected chi connectivity index (χ1v) is 9.89. The van der Waals surface area contributed by atoms with Gasteiger partial charge < -0.3 is 19.4 Å². The van der Waals surface area contributed by atoms with E-state index in [0.717, 1.165) is 73.5 Å². The van der Waals surface area contributed by atoms with Gasteiger partial charge in [-0.25, -0.2) is 0 Å². The van der Waals surface area contributed by atoms with Gasteiger partial charge in [0.25, 0.3) is 5.91 Å². The molecule has 0 N–H and O–H groups in total. The zero-order valence-corrected chi connectivity index (χ0v) is 15.9. The van der Waals surface area contributed by atoms with E-state index >= 15 is 0 Å². The lowest BCUT2D eigenvalue weighted by Gasteiger charge is -2.32. The highest BCUT2D eigenvalue weighted by Gasteiger charge is 2.26. The first-order chi connectivity index (χ1) is 12.7. The number of hydrogen-bond donors (Lipinski definition) is 0. The number of thiophene rings is 1. The third-order valence-corrected chi connectivity index (χ3v) is 6.19. The van der Waals surface area contributed by atoms with Crippen LogP contribution >= 0.6 is 11.3 Å². The summed E-state index contributed by atoms with van der Waals surface area (Å²) in [4.78, 5) is 24.6. The number of pyridine rings is 1. The van der Waals surface area contributed by atoms with Crippen LogP contribution in [0.1, 0.15) is 9.67 Å². The van der Waals surface area contributed by atoms with Crippen molar-refractivity contribution in [3.63, 3.8) is 0 Å². The molecule has 0 atom stereocenters. The number of piperazine rings is 1. The second-order valence-corrected chi connectivity index (χ2v) is 7.79. The predicted octanol–water partition coefficient (Wildman–Crippen LogP) is 2.03. The maximum absolute atomic E-state index is 13.0. The molecule has 0 saturated carbocycles. The second kappa shape index (κ2) is 7.73. The van der Waals surface area contributed by atoms with Crippen LogP contribution in [0.25, 0.3) is 11.1 Å². The fraction of sp³-hybridized carbons (Fsp3) is 0.474. The summed E-state index contributed by atoms with van der Waals surface area (Å²) in [5.74, 6) is 0.151. The van der Waals surface area contributed by atoms with Crippen molar-refractivity contribution in [2.45, 2.75) is 0 Å². The summed E-state index contributed by atoms with van der Waals surface area (Å²) < 4.78 is 5.50. The largest absolute Gasteiger partial charge is 0.378 e. The highest BCUT2D eigenvalue weighted by atomic mass is 32.1. The number of likely N-dealkylation sites (N-methyl/N-ethyl adjacent to an activating group) is 1. The van der Waals surface area contributed by atoms with Gasteiger partial charge in [0.05, 0.1) is 23.1 Å². The number of aromatic nitrogens is 1. The number of rotatable bonds is 3. The Hall–Kier alpha value is -1.96. The van der Waals surface area contributed by atoms with E-state index in [9.17, 15) is 4.79 Å². The summed E-state index contributed by atoms with van der Waals surface area (Å²) in [7, 11) is 2.10. The molecule has 0 unspecified atom stereocenters. The minimum atomic E-state index is 0.151. The van der Waals surface area contributed by atoms with Crippen molar-refractivity contribution >= 4 is 22.2 Å². The van der Waals surface area contributed by atoms with Crippen LogP contribution in [0, 0.1) is 0 Å². The third kappa shape index (κ3) is 3.60. The van der Waals surface area contributed by atoms with Crippen LogP contribution in [0.4, 0.5) is 5.00 Å². The third-order valence-electron chi connectivity index (χ3n) is 5.00. The van der Waals surface area contributed by atoms with Crippen molar-refractivity contribution in [2.24, 2.45) is 0 Å². The molecule has 0 aromatic carbocycles. The molecule has 2 aliphatic rings. The van der Waals surface area contributed by atoms with E-state index in [1.807, 2.05) is 17.0 Å². The monoisotopic (exact) mass is 372 g/mol. The van der Waals surface area contributed by atoms with Crippen molar-refractivity contribution in [2.75, 3.05) is 64.4 Å². The zero-order valence-electron chi connectivity index (χ0n) is 15.1. The quantitative estimate of drug-likeness (QED) is 0.825. The second-order valence-electron chi connectivity index (χ2n) is 6.76. The molecule has 0 bridgehead atoms. The number of ether oxygens (including phenoxy) is 1. The zero-order chi connectivity index (χ0) is 17.9. The maximum atomic E-state index is 13.0. The average Bonchev–Trinajstić information content (AvgIpc) is 3.15. The molecule has 2 fully saturated rings. The Labute approximate surface area is 158 Å². The molecular formula is C19H24N4O2S. The van der Waals surface area contributed by atoms with Gasteiger partial charge in [0.1, 0.15) is 0 Å². The Balaban J connectivity index is 1.65. The Morgan fingerprint density at radius 2 is 1.77 bits per heavy atom. The molecule has 7 heteroatoms. The van der Waals surface area contributed by atoms with E-state index < -0.39 is 0 Å². The van der Waals surface area contributed by atoms with Crippen LogP contribution < -0.4 is 4.90 Å². The van der Waals surface area contributed by atoms with Gasteiger partial charge in [0.2, 0.25) is 0 Å². The smallest absolute Gasteiger partial charge is 0.264 e. The number of nitrogens with zero attached hydrogens (tertiary/aromatic N) is 4. The van der Waals surface area contributed by atoms with Gasteiger partial charge in [0, 0.05) is 57.2 Å². The van der Waals surface area contributed by atoms with Crippen molar-refractivity contribution < 1.29 is 9.53 Å². The molecule has 0 spiro atoms. The topological polar surface area (TPSA) is 48.9 Å². The standard InChI is InChI=1S/C19H24N4O2S/c1-21-6-8-22(9-7-21)18(24)17-14-16(15-2-4-20-5-3-15)19(26-17)23-10-12-25-13-11-23/h2-5,14H,6-13H2,1H3. The minimum absolute atomic E-state index is 0.151. The van der Waals surface area contributed by atoms with Gasteiger partial charge >= 0.3 is 0 Å². The molecule has 2 aromatic rings. The van der Waals surface area contributed by atoms with Gasteiger partial charge in [-0.05, 0) is 30.8 Å². The van der Waals surface area contributed by atoms with Gasteiger partial charge in [0.15, 0.2) is 0 Å². The minimum Gasteiger partial charge on any atom is -0.378 e. The van der Waals surface area contributed by atoms with E-state index in [2.05, 4.69) is 27.9 Å². The summed E-state index contributed by atoms with van der Waals surface area (Å²) in [6, 6.07) is 6.08. The van der Waals surface area contributed by atoms with Crippen LogP contribution in [-0.4, -0.2) is 80.2 Å². The van der Waals surface area contributed by atoms with Crippen molar-refractivity contribution in [1.29, 1.82) is 0 Å². The number of carbonyl (C=O) groups excluding carboxylic acids is 1. The van der Waals surface area contributed by atoms with Gasteiger partial charge in [-0.3, -0.25) is 9.78 Å². The first-order valence-electron chi connectivity index (χ1n) is 9.07. The van der Waals surface area contributed by atoms with Gasteiger partial charge in [-0.2, -0.15) is 0 Å². The summed E-state index contributed by atoms with van der Waals surface area (Å²) in [6.07, 6.45) is 3.61. The Bertz CT molecular complexity index is 750. The molecule has 6 nitrogen and oxygen atoms in total. The van der Waals surface area contributed by atoms with E-state index in [1.54, 1.807) is 23.7 Å². The fourth-order valence-electron chi connectivity index (χ4n) is 3.39. The summed E-state index contributed by atoms with van der Waals surface area (Å²) in [5, 5.41) is 1.16. The molecule has 4 heterocycles.